The smallest absolute Gasteiger partial charge is 0.227 e. The zero-order valence-corrected chi connectivity index (χ0v) is 23.0. The lowest BCUT2D eigenvalue weighted by molar-refractivity contribution is -0.132. The summed E-state index contributed by atoms with van der Waals surface area (Å²) in [6.45, 7) is 5.03. The quantitative estimate of drug-likeness (QED) is 0.220. The molecule has 0 N–H and O–H groups in total. The standard InChI is InChI=1S/C31H30ClN5O2/c1-21(2)36(29(38)20-24-9-6-8-22-7-4-5-10-26(22)24)17-18-37-31(25-11-12-28(39-3)27(32)19-25)34-30(35-37)23-13-15-33-16-14-23/h4-16,19,21H,17-18,20H2,1-3H3. The average molecular weight is 540 g/mol. The van der Waals surface area contributed by atoms with E-state index in [1.807, 2.05) is 78.0 Å². The lowest BCUT2D eigenvalue weighted by atomic mass is 10.0. The predicted octanol–water partition coefficient (Wildman–Crippen LogP) is 6.30. The van der Waals surface area contributed by atoms with Crippen molar-refractivity contribution < 1.29 is 9.53 Å². The number of hydrogen-bond donors (Lipinski definition) is 0. The van der Waals surface area contributed by atoms with Crippen LogP contribution in [0.25, 0.3) is 33.5 Å². The van der Waals surface area contributed by atoms with E-state index >= 15 is 0 Å². The third-order valence-electron chi connectivity index (χ3n) is 6.74. The van der Waals surface area contributed by atoms with Gasteiger partial charge in [-0.25, -0.2) is 9.67 Å². The van der Waals surface area contributed by atoms with E-state index in [1.165, 1.54) is 0 Å². The van der Waals surface area contributed by atoms with Crippen molar-refractivity contribution in [1.29, 1.82) is 0 Å². The molecule has 0 aliphatic carbocycles. The largest absolute Gasteiger partial charge is 0.495 e. The Bertz CT molecular complexity index is 1590. The summed E-state index contributed by atoms with van der Waals surface area (Å²) in [5, 5.41) is 7.54. The monoisotopic (exact) mass is 539 g/mol. The van der Waals surface area contributed by atoms with Crippen molar-refractivity contribution in [2.75, 3.05) is 13.7 Å². The van der Waals surface area contributed by atoms with E-state index in [0.29, 0.717) is 41.9 Å². The molecule has 0 unspecified atom stereocenters. The fourth-order valence-corrected chi connectivity index (χ4v) is 4.98. The fraction of sp³-hybridized carbons (Fsp3) is 0.226. The van der Waals surface area contributed by atoms with Gasteiger partial charge in [-0.3, -0.25) is 9.78 Å². The highest BCUT2D eigenvalue weighted by Gasteiger charge is 2.21. The molecule has 7 nitrogen and oxygen atoms in total. The lowest BCUT2D eigenvalue weighted by Gasteiger charge is -2.27. The van der Waals surface area contributed by atoms with Crippen LogP contribution in [0.2, 0.25) is 5.02 Å². The Hall–Kier alpha value is -4.23. The number of carbonyl (C=O) groups is 1. The Labute approximate surface area is 233 Å². The van der Waals surface area contributed by atoms with Crippen LogP contribution in [0, 0.1) is 0 Å². The van der Waals surface area contributed by atoms with E-state index in [-0.39, 0.29) is 11.9 Å². The van der Waals surface area contributed by atoms with Crippen LogP contribution < -0.4 is 4.74 Å². The summed E-state index contributed by atoms with van der Waals surface area (Å²) >= 11 is 6.44. The first kappa shape index (κ1) is 26.4. The molecule has 0 atom stereocenters. The van der Waals surface area contributed by atoms with Crippen LogP contribution in [-0.2, 0) is 17.8 Å². The number of aromatic nitrogens is 4. The third-order valence-corrected chi connectivity index (χ3v) is 7.03. The predicted molar refractivity (Wildman–Crippen MR) is 155 cm³/mol. The van der Waals surface area contributed by atoms with E-state index in [9.17, 15) is 4.79 Å². The van der Waals surface area contributed by atoms with Gasteiger partial charge in [-0.15, -0.1) is 0 Å². The molecule has 1 amide bonds. The van der Waals surface area contributed by atoms with Gasteiger partial charge in [0.25, 0.3) is 0 Å². The summed E-state index contributed by atoms with van der Waals surface area (Å²) in [7, 11) is 1.58. The lowest BCUT2D eigenvalue weighted by Crippen LogP contribution is -2.40. The number of pyridine rings is 1. The Balaban J connectivity index is 1.43. The van der Waals surface area contributed by atoms with E-state index in [4.69, 9.17) is 26.4 Å². The number of hydrogen-bond acceptors (Lipinski definition) is 5. The second-order valence-electron chi connectivity index (χ2n) is 9.56. The summed E-state index contributed by atoms with van der Waals surface area (Å²) in [6.07, 6.45) is 3.76. The number of ether oxygens (including phenoxy) is 1. The van der Waals surface area contributed by atoms with Gasteiger partial charge < -0.3 is 9.64 Å². The van der Waals surface area contributed by atoms with E-state index in [0.717, 1.165) is 27.5 Å². The van der Waals surface area contributed by atoms with Crippen LogP contribution in [0.5, 0.6) is 5.75 Å². The highest BCUT2D eigenvalue weighted by Crippen LogP contribution is 2.30. The molecule has 0 fully saturated rings. The first-order valence-electron chi connectivity index (χ1n) is 12.9. The molecule has 8 heteroatoms. The second-order valence-corrected chi connectivity index (χ2v) is 9.97. The molecule has 5 aromatic rings. The molecule has 198 valence electrons. The van der Waals surface area contributed by atoms with Crippen LogP contribution in [0.4, 0.5) is 0 Å². The maximum Gasteiger partial charge on any atom is 0.227 e. The van der Waals surface area contributed by atoms with Gasteiger partial charge in [-0.05, 0) is 60.5 Å². The van der Waals surface area contributed by atoms with Crippen molar-refractivity contribution in [2.24, 2.45) is 0 Å². The molecule has 0 aliphatic heterocycles. The van der Waals surface area contributed by atoms with E-state index < -0.39 is 0 Å². The second kappa shape index (κ2) is 11.7. The fourth-order valence-electron chi connectivity index (χ4n) is 4.72. The molecule has 2 heterocycles. The number of benzene rings is 3. The Kier molecular flexibility index (Phi) is 7.89. The van der Waals surface area contributed by atoms with Crippen LogP contribution >= 0.6 is 11.6 Å². The van der Waals surface area contributed by atoms with E-state index in [1.54, 1.807) is 19.5 Å². The van der Waals surface area contributed by atoms with Gasteiger partial charge in [-0.2, -0.15) is 5.10 Å². The summed E-state index contributed by atoms with van der Waals surface area (Å²) in [5.41, 5.74) is 2.70. The summed E-state index contributed by atoms with van der Waals surface area (Å²) < 4.78 is 7.16. The van der Waals surface area contributed by atoms with Crippen LogP contribution in [0.15, 0.2) is 85.2 Å². The minimum Gasteiger partial charge on any atom is -0.495 e. The Morgan fingerprint density at radius 3 is 2.51 bits per heavy atom. The normalized spacial score (nSPS) is 11.2. The maximum absolute atomic E-state index is 13.6. The molecule has 0 spiro atoms. The number of carbonyl (C=O) groups excluding carboxylic acids is 1. The number of methoxy groups -OCH3 is 1. The van der Waals surface area contributed by atoms with Gasteiger partial charge >= 0.3 is 0 Å². The van der Waals surface area contributed by atoms with Crippen molar-refractivity contribution in [3.63, 3.8) is 0 Å². The van der Waals surface area contributed by atoms with Crippen molar-refractivity contribution >= 4 is 28.3 Å². The highest BCUT2D eigenvalue weighted by atomic mass is 35.5. The Morgan fingerprint density at radius 1 is 1.00 bits per heavy atom. The summed E-state index contributed by atoms with van der Waals surface area (Å²) in [6, 6.07) is 23.6. The zero-order valence-electron chi connectivity index (χ0n) is 22.2. The molecule has 5 rings (SSSR count). The van der Waals surface area contributed by atoms with Crippen molar-refractivity contribution in [1.82, 2.24) is 24.6 Å². The van der Waals surface area contributed by atoms with Crippen molar-refractivity contribution in [3.8, 4) is 28.5 Å². The number of halogens is 1. The summed E-state index contributed by atoms with van der Waals surface area (Å²) in [4.78, 5) is 24.4. The number of rotatable bonds is 9. The maximum atomic E-state index is 13.6. The SMILES string of the molecule is COc1ccc(-c2nc(-c3ccncc3)nn2CCN(C(=O)Cc2cccc3ccccc23)C(C)C)cc1Cl. The number of nitrogens with zero attached hydrogens (tertiary/aromatic N) is 5. The van der Waals surface area contributed by atoms with Gasteiger partial charge in [-0.1, -0.05) is 54.1 Å². The topological polar surface area (TPSA) is 73.1 Å². The number of amides is 1. The minimum atomic E-state index is 0.0227. The van der Waals surface area contributed by atoms with Gasteiger partial charge in [0.1, 0.15) is 5.75 Å². The molecular weight excluding hydrogens is 510 g/mol. The molecule has 0 saturated heterocycles. The minimum absolute atomic E-state index is 0.0227. The van der Waals surface area contributed by atoms with Gasteiger partial charge in [0, 0.05) is 36.1 Å². The Morgan fingerprint density at radius 2 is 1.77 bits per heavy atom. The van der Waals surface area contributed by atoms with Crippen LogP contribution in [-0.4, -0.2) is 50.3 Å². The molecule has 0 aliphatic rings. The average Bonchev–Trinajstić information content (AvgIpc) is 3.38. The summed E-state index contributed by atoms with van der Waals surface area (Å²) in [5.74, 6) is 1.91. The molecule has 0 saturated carbocycles. The highest BCUT2D eigenvalue weighted by molar-refractivity contribution is 6.32. The first-order valence-corrected chi connectivity index (χ1v) is 13.3. The number of fused-ring (bicyclic) bond motifs is 1. The molecule has 2 aromatic heterocycles. The van der Waals surface area contributed by atoms with Crippen LogP contribution in [0.1, 0.15) is 19.4 Å². The molecule has 0 radical (unpaired) electrons. The molecule has 3 aromatic carbocycles. The zero-order chi connectivity index (χ0) is 27.4. The van der Waals surface area contributed by atoms with Gasteiger partial charge in [0.2, 0.25) is 5.91 Å². The van der Waals surface area contributed by atoms with Crippen molar-refractivity contribution in [3.05, 3.63) is 95.8 Å². The molecule has 0 bridgehead atoms. The third kappa shape index (κ3) is 5.78. The molecule has 39 heavy (non-hydrogen) atoms. The van der Waals surface area contributed by atoms with E-state index in [2.05, 4.69) is 23.2 Å². The first-order chi connectivity index (χ1) is 18.9. The molecular formula is C31H30ClN5O2. The van der Waals surface area contributed by atoms with Crippen molar-refractivity contribution in [2.45, 2.75) is 32.9 Å². The van der Waals surface area contributed by atoms with Gasteiger partial charge in [0.15, 0.2) is 11.6 Å². The van der Waals surface area contributed by atoms with Gasteiger partial charge in [0.05, 0.1) is 25.1 Å². The van der Waals surface area contributed by atoms with Crippen LogP contribution in [0.3, 0.4) is 0 Å².